The largest absolute Gasteiger partial charge is 0.368 e. The number of nitrogens with zero attached hydrogens (tertiary/aromatic N) is 4. The lowest BCUT2D eigenvalue weighted by Gasteiger charge is -2.26. The lowest BCUT2D eigenvalue weighted by atomic mass is 10.1. The van der Waals surface area contributed by atoms with E-state index in [4.69, 9.17) is 5.73 Å². The van der Waals surface area contributed by atoms with Crippen LogP contribution in [0.5, 0.6) is 0 Å². The van der Waals surface area contributed by atoms with Crippen LogP contribution in [0.4, 0.5) is 11.6 Å². The standard InChI is InChI=1S/C16H16N6/c17-16-19-6-4-12(21-16)11-10-20-15-14(11)13(5-7-18-15)22-8-2-1-3-9-22/h1-2,4-7,10H,3,8-9H2,(H,18,20)(H2,17,19,21). The molecule has 0 bridgehead atoms. The molecule has 0 aliphatic carbocycles. The van der Waals surface area contributed by atoms with Gasteiger partial charge in [0.05, 0.1) is 16.8 Å². The third kappa shape index (κ3) is 2.09. The van der Waals surface area contributed by atoms with Gasteiger partial charge in [0, 0.05) is 37.2 Å². The molecule has 0 aromatic carbocycles. The van der Waals surface area contributed by atoms with Crippen molar-refractivity contribution in [2.45, 2.75) is 6.42 Å². The van der Waals surface area contributed by atoms with Crippen molar-refractivity contribution >= 4 is 22.7 Å². The van der Waals surface area contributed by atoms with E-state index in [0.717, 1.165) is 41.8 Å². The highest BCUT2D eigenvalue weighted by Gasteiger charge is 2.17. The lowest BCUT2D eigenvalue weighted by Crippen LogP contribution is -2.26. The number of pyridine rings is 1. The summed E-state index contributed by atoms with van der Waals surface area (Å²) in [6, 6.07) is 3.93. The maximum atomic E-state index is 5.72. The van der Waals surface area contributed by atoms with Crippen LogP contribution in [-0.2, 0) is 0 Å². The number of hydrogen-bond acceptors (Lipinski definition) is 5. The second-order valence-corrected chi connectivity index (χ2v) is 5.26. The Labute approximate surface area is 127 Å². The van der Waals surface area contributed by atoms with Crippen molar-refractivity contribution in [3.63, 3.8) is 0 Å². The zero-order valence-electron chi connectivity index (χ0n) is 12.0. The number of aromatic amines is 1. The molecule has 0 radical (unpaired) electrons. The van der Waals surface area contributed by atoms with E-state index < -0.39 is 0 Å². The highest BCUT2D eigenvalue weighted by molar-refractivity contribution is 6.02. The van der Waals surface area contributed by atoms with Crippen LogP contribution in [0, 0.1) is 0 Å². The topological polar surface area (TPSA) is 83.7 Å². The van der Waals surface area contributed by atoms with Crippen LogP contribution >= 0.6 is 0 Å². The fourth-order valence-corrected chi connectivity index (χ4v) is 2.89. The number of rotatable bonds is 2. The van der Waals surface area contributed by atoms with Crippen LogP contribution in [-0.4, -0.2) is 33.0 Å². The first-order valence-electron chi connectivity index (χ1n) is 7.28. The van der Waals surface area contributed by atoms with Crippen LogP contribution in [0.15, 0.2) is 42.9 Å². The summed E-state index contributed by atoms with van der Waals surface area (Å²) in [5, 5.41) is 1.08. The lowest BCUT2D eigenvalue weighted by molar-refractivity contribution is 0.824. The number of fused-ring (bicyclic) bond motifs is 1. The average Bonchev–Trinajstić information content (AvgIpc) is 3.00. The predicted octanol–water partition coefficient (Wildman–Crippen LogP) is 2.37. The SMILES string of the molecule is Nc1nccc(-c2c[nH]c3nccc(N4CC=CCC4)c23)n1. The highest BCUT2D eigenvalue weighted by Crippen LogP contribution is 2.34. The van der Waals surface area contributed by atoms with E-state index in [-0.39, 0.29) is 5.95 Å². The van der Waals surface area contributed by atoms with E-state index in [9.17, 15) is 0 Å². The number of nitrogens with two attached hydrogens (primary N) is 1. The molecule has 110 valence electrons. The second-order valence-electron chi connectivity index (χ2n) is 5.26. The molecule has 0 atom stereocenters. The third-order valence-corrected chi connectivity index (χ3v) is 3.90. The predicted molar refractivity (Wildman–Crippen MR) is 87.5 cm³/mol. The molecule has 3 aromatic rings. The summed E-state index contributed by atoms with van der Waals surface area (Å²) >= 11 is 0. The summed E-state index contributed by atoms with van der Waals surface area (Å²) in [6.07, 6.45) is 10.9. The fraction of sp³-hybridized carbons (Fsp3) is 0.188. The number of nitrogen functional groups attached to an aromatic ring is 1. The van der Waals surface area contributed by atoms with E-state index >= 15 is 0 Å². The minimum atomic E-state index is 0.276. The Morgan fingerprint density at radius 1 is 1.14 bits per heavy atom. The minimum absolute atomic E-state index is 0.276. The maximum Gasteiger partial charge on any atom is 0.220 e. The second kappa shape index (κ2) is 5.14. The summed E-state index contributed by atoms with van der Waals surface area (Å²) in [4.78, 5) is 18.3. The highest BCUT2D eigenvalue weighted by atomic mass is 15.1. The Morgan fingerprint density at radius 3 is 2.86 bits per heavy atom. The van der Waals surface area contributed by atoms with E-state index in [0.29, 0.717) is 0 Å². The van der Waals surface area contributed by atoms with Gasteiger partial charge < -0.3 is 15.6 Å². The van der Waals surface area contributed by atoms with Gasteiger partial charge in [-0.3, -0.25) is 0 Å². The van der Waals surface area contributed by atoms with Crippen molar-refractivity contribution in [3.05, 3.63) is 42.9 Å². The summed E-state index contributed by atoms with van der Waals surface area (Å²) in [6.45, 7) is 1.92. The fourth-order valence-electron chi connectivity index (χ4n) is 2.89. The number of nitrogens with one attached hydrogen (secondary N) is 1. The minimum Gasteiger partial charge on any atom is -0.368 e. The number of anilines is 2. The number of hydrogen-bond donors (Lipinski definition) is 2. The Hall–Kier alpha value is -2.89. The van der Waals surface area contributed by atoms with Gasteiger partial charge in [0.25, 0.3) is 0 Å². The van der Waals surface area contributed by atoms with Gasteiger partial charge in [-0.2, -0.15) is 0 Å². The summed E-state index contributed by atoms with van der Waals surface area (Å²) in [7, 11) is 0. The first-order chi connectivity index (χ1) is 10.8. The van der Waals surface area contributed by atoms with E-state index in [1.54, 1.807) is 6.20 Å². The summed E-state index contributed by atoms with van der Waals surface area (Å²) in [5.41, 5.74) is 9.56. The molecule has 3 aromatic heterocycles. The molecule has 4 rings (SSSR count). The molecule has 6 heteroatoms. The van der Waals surface area contributed by atoms with Gasteiger partial charge >= 0.3 is 0 Å². The molecule has 0 spiro atoms. The van der Waals surface area contributed by atoms with Crippen LogP contribution in [0.1, 0.15) is 6.42 Å². The molecule has 22 heavy (non-hydrogen) atoms. The van der Waals surface area contributed by atoms with Gasteiger partial charge in [-0.05, 0) is 18.6 Å². The van der Waals surface area contributed by atoms with Crippen molar-refractivity contribution in [1.82, 2.24) is 19.9 Å². The molecule has 4 heterocycles. The van der Waals surface area contributed by atoms with E-state index in [1.165, 1.54) is 5.69 Å². The Kier molecular flexibility index (Phi) is 3.00. The van der Waals surface area contributed by atoms with Crippen LogP contribution in [0.3, 0.4) is 0 Å². The van der Waals surface area contributed by atoms with Gasteiger partial charge in [0.15, 0.2) is 0 Å². The molecular weight excluding hydrogens is 276 g/mol. The smallest absolute Gasteiger partial charge is 0.220 e. The average molecular weight is 292 g/mol. The van der Waals surface area contributed by atoms with Crippen molar-refractivity contribution in [2.75, 3.05) is 23.7 Å². The van der Waals surface area contributed by atoms with Gasteiger partial charge in [-0.1, -0.05) is 12.2 Å². The molecule has 3 N–H and O–H groups in total. The molecule has 1 aliphatic rings. The van der Waals surface area contributed by atoms with Gasteiger partial charge in [0.1, 0.15) is 5.65 Å². The van der Waals surface area contributed by atoms with Crippen LogP contribution < -0.4 is 10.6 Å². The molecule has 6 nitrogen and oxygen atoms in total. The van der Waals surface area contributed by atoms with Gasteiger partial charge in [0.2, 0.25) is 5.95 Å². The Bertz CT molecular complexity index is 851. The normalized spacial score (nSPS) is 14.6. The van der Waals surface area contributed by atoms with Crippen molar-refractivity contribution in [2.24, 2.45) is 0 Å². The molecule has 0 amide bonds. The van der Waals surface area contributed by atoms with Crippen LogP contribution in [0.25, 0.3) is 22.3 Å². The maximum absolute atomic E-state index is 5.72. The van der Waals surface area contributed by atoms with Crippen molar-refractivity contribution in [3.8, 4) is 11.3 Å². The van der Waals surface area contributed by atoms with Gasteiger partial charge in [-0.15, -0.1) is 0 Å². The molecule has 1 aliphatic heterocycles. The summed E-state index contributed by atoms with van der Waals surface area (Å²) in [5.74, 6) is 0.276. The molecular formula is C16H16N6. The quantitative estimate of drug-likeness (QED) is 0.708. The zero-order valence-corrected chi connectivity index (χ0v) is 12.0. The zero-order chi connectivity index (χ0) is 14.9. The molecule has 0 saturated heterocycles. The number of H-pyrrole nitrogens is 1. The first kappa shape index (κ1) is 12.8. The van der Waals surface area contributed by atoms with Crippen molar-refractivity contribution < 1.29 is 0 Å². The Balaban J connectivity index is 1.91. The number of aromatic nitrogens is 4. The Morgan fingerprint density at radius 2 is 2.05 bits per heavy atom. The molecule has 0 saturated carbocycles. The molecule has 0 unspecified atom stereocenters. The van der Waals surface area contributed by atoms with Crippen molar-refractivity contribution in [1.29, 1.82) is 0 Å². The van der Waals surface area contributed by atoms with E-state index in [2.05, 4.69) is 43.1 Å². The van der Waals surface area contributed by atoms with E-state index in [1.807, 2.05) is 18.5 Å². The third-order valence-electron chi connectivity index (χ3n) is 3.90. The van der Waals surface area contributed by atoms with Crippen LogP contribution in [0.2, 0.25) is 0 Å². The summed E-state index contributed by atoms with van der Waals surface area (Å²) < 4.78 is 0. The molecule has 0 fully saturated rings. The monoisotopic (exact) mass is 292 g/mol. The first-order valence-corrected chi connectivity index (χ1v) is 7.28. The van der Waals surface area contributed by atoms with Gasteiger partial charge in [-0.25, -0.2) is 15.0 Å².